The number of nitrogens with one attached hydrogen (secondary N) is 1. The number of ether oxygens (including phenoxy) is 1. The lowest BCUT2D eigenvalue weighted by atomic mass is 10.1. The molecule has 2 amide bonds. The summed E-state index contributed by atoms with van der Waals surface area (Å²) in [7, 11) is 1.55. The van der Waals surface area contributed by atoms with Crippen molar-refractivity contribution < 1.29 is 14.3 Å². The van der Waals surface area contributed by atoms with Gasteiger partial charge >= 0.3 is 6.09 Å². The predicted molar refractivity (Wildman–Crippen MR) is 80.3 cm³/mol. The van der Waals surface area contributed by atoms with Crippen molar-refractivity contribution in [2.75, 3.05) is 13.6 Å². The van der Waals surface area contributed by atoms with Gasteiger partial charge in [0.25, 0.3) is 0 Å². The molecule has 1 aromatic carbocycles. The zero-order chi connectivity index (χ0) is 15.5. The van der Waals surface area contributed by atoms with E-state index in [4.69, 9.17) is 4.74 Å². The van der Waals surface area contributed by atoms with Crippen molar-refractivity contribution in [3.63, 3.8) is 0 Å². The van der Waals surface area contributed by atoms with Gasteiger partial charge in [-0.25, -0.2) is 4.79 Å². The second-order valence-electron chi connectivity index (χ2n) is 5.00. The van der Waals surface area contributed by atoms with Crippen molar-refractivity contribution in [2.24, 2.45) is 0 Å². The molecule has 6 nitrogen and oxygen atoms in total. The minimum Gasteiger partial charge on any atom is -0.410 e. The molecule has 0 aliphatic carbocycles. The monoisotopic (exact) mass is 297 g/mol. The largest absolute Gasteiger partial charge is 0.415 e. The first-order chi connectivity index (χ1) is 10.6. The molecule has 0 unspecified atom stereocenters. The van der Waals surface area contributed by atoms with Crippen LogP contribution in [-0.4, -0.2) is 41.5 Å². The number of aromatic nitrogens is 1. The lowest BCUT2D eigenvalue weighted by molar-refractivity contribution is -0.131. The van der Waals surface area contributed by atoms with Crippen LogP contribution >= 0.6 is 0 Å². The molecule has 1 aliphatic heterocycles. The third-order valence-electron chi connectivity index (χ3n) is 3.60. The zero-order valence-corrected chi connectivity index (χ0v) is 12.0. The summed E-state index contributed by atoms with van der Waals surface area (Å²) in [6.07, 6.45) is 2.90. The zero-order valence-electron chi connectivity index (χ0n) is 12.0. The Hall–Kier alpha value is -2.89. The van der Waals surface area contributed by atoms with Crippen molar-refractivity contribution >= 4 is 12.0 Å². The van der Waals surface area contributed by atoms with E-state index in [1.54, 1.807) is 31.6 Å². The van der Waals surface area contributed by atoms with Gasteiger partial charge in [-0.3, -0.25) is 14.7 Å². The van der Waals surface area contributed by atoms with Crippen LogP contribution in [0.3, 0.4) is 0 Å². The van der Waals surface area contributed by atoms with E-state index >= 15 is 0 Å². The molecule has 1 atom stereocenters. The second kappa shape index (κ2) is 5.85. The second-order valence-corrected chi connectivity index (χ2v) is 5.00. The lowest BCUT2D eigenvalue weighted by Crippen LogP contribution is -2.62. The fraction of sp³-hybridized carbons (Fsp3) is 0.188. The van der Waals surface area contributed by atoms with Crippen LogP contribution in [0, 0.1) is 0 Å². The van der Waals surface area contributed by atoms with Gasteiger partial charge in [0.05, 0.1) is 0 Å². The van der Waals surface area contributed by atoms with Crippen molar-refractivity contribution in [1.82, 2.24) is 15.2 Å². The normalized spacial score (nSPS) is 16.4. The van der Waals surface area contributed by atoms with Crippen LogP contribution in [0.4, 0.5) is 4.79 Å². The number of benzene rings is 1. The number of carbonyl (C=O) groups is 2. The average Bonchev–Trinajstić information content (AvgIpc) is 2.55. The summed E-state index contributed by atoms with van der Waals surface area (Å²) in [5.74, 6) is 0.280. The highest BCUT2D eigenvalue weighted by atomic mass is 16.6. The quantitative estimate of drug-likeness (QED) is 0.875. The fourth-order valence-corrected chi connectivity index (χ4v) is 2.15. The van der Waals surface area contributed by atoms with E-state index in [0.717, 1.165) is 11.1 Å². The third kappa shape index (κ3) is 2.76. The van der Waals surface area contributed by atoms with Gasteiger partial charge in [0.15, 0.2) is 0 Å². The van der Waals surface area contributed by atoms with Gasteiger partial charge in [-0.05, 0) is 35.4 Å². The molecule has 0 radical (unpaired) electrons. The SMILES string of the molecule is CN(C(=O)Oc1ccc(-c2ccncc2)cc1)[C@H]1CNC1=O. The number of hydrogen-bond acceptors (Lipinski definition) is 4. The number of hydrogen-bond donors (Lipinski definition) is 1. The van der Waals surface area contributed by atoms with Crippen LogP contribution in [0.5, 0.6) is 5.75 Å². The fourth-order valence-electron chi connectivity index (χ4n) is 2.15. The standard InChI is InChI=1S/C16H15N3O3/c1-19(14-10-18-15(14)20)16(21)22-13-4-2-11(3-5-13)12-6-8-17-9-7-12/h2-9,14H,10H2,1H3,(H,18,20)/t14-/m0/s1. The van der Waals surface area contributed by atoms with Gasteiger partial charge < -0.3 is 10.1 Å². The average molecular weight is 297 g/mol. The molecule has 1 fully saturated rings. The predicted octanol–water partition coefficient (Wildman–Crippen LogP) is 1.68. The van der Waals surface area contributed by atoms with E-state index in [2.05, 4.69) is 10.3 Å². The van der Waals surface area contributed by atoms with E-state index in [1.807, 2.05) is 24.3 Å². The number of rotatable bonds is 3. The lowest BCUT2D eigenvalue weighted by Gasteiger charge is -2.33. The van der Waals surface area contributed by atoms with Gasteiger partial charge in [0, 0.05) is 26.0 Å². The van der Waals surface area contributed by atoms with E-state index in [9.17, 15) is 9.59 Å². The molecule has 1 N–H and O–H groups in total. The summed E-state index contributed by atoms with van der Waals surface area (Å²) in [4.78, 5) is 28.5. The Bertz CT molecular complexity index is 686. The molecule has 1 aliphatic rings. The van der Waals surface area contributed by atoms with Crippen molar-refractivity contribution in [1.29, 1.82) is 0 Å². The Morgan fingerprint density at radius 1 is 1.18 bits per heavy atom. The maximum Gasteiger partial charge on any atom is 0.415 e. The molecule has 22 heavy (non-hydrogen) atoms. The molecule has 0 saturated carbocycles. The maximum atomic E-state index is 12.0. The van der Waals surface area contributed by atoms with Crippen molar-refractivity contribution in [3.05, 3.63) is 48.8 Å². The van der Waals surface area contributed by atoms with Crippen LogP contribution in [0.25, 0.3) is 11.1 Å². The molecule has 2 aromatic rings. The van der Waals surface area contributed by atoms with Crippen molar-refractivity contribution in [3.8, 4) is 16.9 Å². The highest BCUT2D eigenvalue weighted by Gasteiger charge is 2.35. The van der Waals surface area contributed by atoms with Gasteiger partial charge in [-0.2, -0.15) is 0 Å². The molecular formula is C16H15N3O3. The number of β-lactam (4-membered cyclic amide) rings is 1. The summed E-state index contributed by atoms with van der Waals surface area (Å²) in [6.45, 7) is 0.464. The molecule has 1 saturated heterocycles. The topological polar surface area (TPSA) is 71.5 Å². The first-order valence-corrected chi connectivity index (χ1v) is 6.88. The Labute approximate surface area is 127 Å². The first-order valence-electron chi connectivity index (χ1n) is 6.88. The number of likely N-dealkylation sites (N-methyl/N-ethyl adjacent to an activating group) is 1. The summed E-state index contributed by atoms with van der Waals surface area (Å²) in [5, 5.41) is 2.59. The summed E-state index contributed by atoms with van der Waals surface area (Å²) >= 11 is 0. The Balaban J connectivity index is 1.66. The smallest absolute Gasteiger partial charge is 0.410 e. The van der Waals surface area contributed by atoms with Gasteiger partial charge in [-0.15, -0.1) is 0 Å². The Kier molecular flexibility index (Phi) is 3.74. The van der Waals surface area contributed by atoms with E-state index in [1.165, 1.54) is 4.90 Å². The first kappa shape index (κ1) is 14.1. The van der Waals surface area contributed by atoms with Crippen LogP contribution < -0.4 is 10.1 Å². The van der Waals surface area contributed by atoms with Crippen LogP contribution in [0.2, 0.25) is 0 Å². The van der Waals surface area contributed by atoms with Crippen LogP contribution in [0.15, 0.2) is 48.8 Å². The number of carbonyl (C=O) groups excluding carboxylic acids is 2. The molecular weight excluding hydrogens is 282 g/mol. The Morgan fingerprint density at radius 3 is 2.36 bits per heavy atom. The number of pyridine rings is 1. The van der Waals surface area contributed by atoms with Gasteiger partial charge in [0.1, 0.15) is 11.8 Å². The molecule has 0 bridgehead atoms. The van der Waals surface area contributed by atoms with E-state index in [-0.39, 0.29) is 5.91 Å². The molecule has 0 spiro atoms. The number of amides is 2. The summed E-state index contributed by atoms with van der Waals surface area (Å²) in [6, 6.07) is 10.6. The molecule has 6 heteroatoms. The number of nitrogens with zero attached hydrogens (tertiary/aromatic N) is 2. The van der Waals surface area contributed by atoms with Gasteiger partial charge in [0.2, 0.25) is 5.91 Å². The highest BCUT2D eigenvalue weighted by molar-refractivity contribution is 5.91. The summed E-state index contributed by atoms with van der Waals surface area (Å²) in [5.41, 5.74) is 2.05. The molecule has 112 valence electrons. The minimum absolute atomic E-state index is 0.160. The van der Waals surface area contributed by atoms with E-state index in [0.29, 0.717) is 12.3 Å². The van der Waals surface area contributed by atoms with Crippen LogP contribution in [-0.2, 0) is 4.79 Å². The minimum atomic E-state index is -0.545. The van der Waals surface area contributed by atoms with Crippen LogP contribution in [0.1, 0.15) is 0 Å². The molecule has 1 aromatic heterocycles. The highest BCUT2D eigenvalue weighted by Crippen LogP contribution is 2.22. The molecule has 3 rings (SSSR count). The summed E-state index contributed by atoms with van der Waals surface area (Å²) < 4.78 is 5.27. The van der Waals surface area contributed by atoms with Gasteiger partial charge in [-0.1, -0.05) is 12.1 Å². The maximum absolute atomic E-state index is 12.0. The molecule has 2 heterocycles. The van der Waals surface area contributed by atoms with Crippen molar-refractivity contribution in [2.45, 2.75) is 6.04 Å². The van der Waals surface area contributed by atoms with E-state index < -0.39 is 12.1 Å². The Morgan fingerprint density at radius 2 is 1.82 bits per heavy atom. The third-order valence-corrected chi connectivity index (χ3v) is 3.60.